The number of hydrogen-bond donors (Lipinski definition) is 1. The van der Waals surface area contributed by atoms with Gasteiger partial charge in [-0.2, -0.15) is 0 Å². The highest BCUT2D eigenvalue weighted by Gasteiger charge is 2.17. The van der Waals surface area contributed by atoms with Gasteiger partial charge in [0.25, 0.3) is 0 Å². The molecule has 0 saturated carbocycles. The Bertz CT molecular complexity index is 428. The first-order chi connectivity index (χ1) is 9.11. The summed E-state index contributed by atoms with van der Waals surface area (Å²) in [6, 6.07) is 4.70. The van der Waals surface area contributed by atoms with Gasteiger partial charge in [0.05, 0.1) is 20.3 Å². The second kappa shape index (κ2) is 6.26. The molecule has 1 aromatic carbocycles. The maximum Gasteiger partial charge on any atom is 0.122 e. The Labute approximate surface area is 115 Å². The summed E-state index contributed by atoms with van der Waals surface area (Å²) in [6.07, 6.45) is 0. The highest BCUT2D eigenvalue weighted by molar-refractivity contribution is 5.58. The Morgan fingerprint density at radius 1 is 1.37 bits per heavy atom. The van der Waals surface area contributed by atoms with Crippen LogP contribution in [0, 0.1) is 13.8 Å². The molecule has 19 heavy (non-hydrogen) atoms. The van der Waals surface area contributed by atoms with E-state index >= 15 is 0 Å². The molecule has 1 unspecified atom stereocenters. The number of likely N-dealkylation sites (N-methyl/N-ethyl adjacent to an activating group) is 1. The number of nitrogens with one attached hydrogen (secondary N) is 1. The third kappa shape index (κ3) is 3.39. The lowest BCUT2D eigenvalue weighted by atomic mass is 10.1. The van der Waals surface area contributed by atoms with Crippen LogP contribution in [0.1, 0.15) is 11.1 Å². The first kappa shape index (κ1) is 14.2. The SMILES string of the molecule is COc1cc(C)c(N(C)CC2COCCN2)cc1C. The van der Waals surface area contributed by atoms with Crippen LogP contribution in [0.25, 0.3) is 0 Å². The molecule has 1 fully saturated rings. The molecule has 1 atom stereocenters. The Kier molecular flexibility index (Phi) is 4.66. The molecule has 4 heteroatoms. The van der Waals surface area contributed by atoms with Crippen LogP contribution >= 0.6 is 0 Å². The van der Waals surface area contributed by atoms with Crippen LogP contribution in [0.4, 0.5) is 5.69 Å². The van der Waals surface area contributed by atoms with Crippen LogP contribution in [-0.2, 0) is 4.74 Å². The molecule has 1 saturated heterocycles. The number of nitrogens with zero attached hydrogens (tertiary/aromatic N) is 1. The Morgan fingerprint density at radius 3 is 2.79 bits per heavy atom. The Morgan fingerprint density at radius 2 is 2.16 bits per heavy atom. The van der Waals surface area contributed by atoms with Crippen molar-refractivity contribution in [2.24, 2.45) is 0 Å². The van der Waals surface area contributed by atoms with Gasteiger partial charge in [0.2, 0.25) is 0 Å². The van der Waals surface area contributed by atoms with Crippen LogP contribution in [0.2, 0.25) is 0 Å². The second-order valence-corrected chi connectivity index (χ2v) is 5.21. The molecule has 1 heterocycles. The molecule has 4 nitrogen and oxygen atoms in total. The first-order valence-corrected chi connectivity index (χ1v) is 6.79. The van der Waals surface area contributed by atoms with Crippen LogP contribution in [0.3, 0.4) is 0 Å². The van der Waals surface area contributed by atoms with Crippen LogP contribution in [-0.4, -0.2) is 46.5 Å². The average molecular weight is 264 g/mol. The van der Waals surface area contributed by atoms with E-state index in [1.807, 2.05) is 0 Å². The standard InChI is InChI=1S/C15H24N2O2/c1-11-8-15(18-4)12(2)7-14(11)17(3)9-13-10-19-6-5-16-13/h7-8,13,16H,5-6,9-10H2,1-4H3. The number of aryl methyl sites for hydroxylation is 2. The fraction of sp³-hybridized carbons (Fsp3) is 0.600. The van der Waals surface area contributed by atoms with E-state index in [9.17, 15) is 0 Å². The van der Waals surface area contributed by atoms with Gasteiger partial charge in [-0.15, -0.1) is 0 Å². The fourth-order valence-electron chi connectivity index (χ4n) is 2.57. The van der Waals surface area contributed by atoms with Crippen LogP contribution in [0.5, 0.6) is 5.75 Å². The van der Waals surface area contributed by atoms with Crippen molar-refractivity contribution in [3.05, 3.63) is 23.3 Å². The molecule has 1 aliphatic rings. The molecule has 106 valence electrons. The number of rotatable bonds is 4. The molecule has 1 aromatic rings. The molecule has 0 amide bonds. The minimum Gasteiger partial charge on any atom is -0.496 e. The molecule has 1 aliphatic heterocycles. The van der Waals surface area contributed by atoms with Gasteiger partial charge in [0, 0.05) is 31.9 Å². The molecular weight excluding hydrogens is 240 g/mol. The number of ether oxygens (including phenoxy) is 2. The van der Waals surface area contributed by atoms with E-state index in [2.05, 4.69) is 43.2 Å². The van der Waals surface area contributed by atoms with Crippen molar-refractivity contribution in [1.82, 2.24) is 5.32 Å². The van der Waals surface area contributed by atoms with Gasteiger partial charge in [-0.05, 0) is 37.1 Å². The smallest absolute Gasteiger partial charge is 0.122 e. The third-order valence-electron chi connectivity index (χ3n) is 3.62. The monoisotopic (exact) mass is 264 g/mol. The highest BCUT2D eigenvalue weighted by Crippen LogP contribution is 2.28. The zero-order valence-electron chi connectivity index (χ0n) is 12.3. The molecule has 0 aromatic heterocycles. The number of morpholine rings is 1. The number of benzene rings is 1. The van der Waals surface area contributed by atoms with E-state index in [0.29, 0.717) is 6.04 Å². The maximum atomic E-state index is 5.50. The summed E-state index contributed by atoms with van der Waals surface area (Å²) in [6.45, 7) is 7.71. The van der Waals surface area contributed by atoms with Gasteiger partial charge in [-0.25, -0.2) is 0 Å². The summed E-state index contributed by atoms with van der Waals surface area (Å²) in [7, 11) is 3.85. The quantitative estimate of drug-likeness (QED) is 0.898. The summed E-state index contributed by atoms with van der Waals surface area (Å²) in [5, 5.41) is 3.49. The van der Waals surface area contributed by atoms with Gasteiger partial charge in [0.1, 0.15) is 5.75 Å². The van der Waals surface area contributed by atoms with Gasteiger partial charge in [-0.3, -0.25) is 0 Å². The van der Waals surface area contributed by atoms with E-state index in [4.69, 9.17) is 9.47 Å². The fourth-order valence-corrected chi connectivity index (χ4v) is 2.57. The molecule has 0 spiro atoms. The average Bonchev–Trinajstić information content (AvgIpc) is 2.42. The van der Waals surface area contributed by atoms with Gasteiger partial charge < -0.3 is 19.7 Å². The van der Waals surface area contributed by atoms with Gasteiger partial charge in [0.15, 0.2) is 0 Å². The van der Waals surface area contributed by atoms with E-state index in [1.165, 1.54) is 16.8 Å². The number of anilines is 1. The summed E-state index contributed by atoms with van der Waals surface area (Å²) >= 11 is 0. The predicted molar refractivity (Wildman–Crippen MR) is 78.3 cm³/mol. The van der Waals surface area contributed by atoms with E-state index in [1.54, 1.807) is 7.11 Å². The molecule has 2 rings (SSSR count). The van der Waals surface area contributed by atoms with Crippen molar-refractivity contribution < 1.29 is 9.47 Å². The topological polar surface area (TPSA) is 33.7 Å². The second-order valence-electron chi connectivity index (χ2n) is 5.21. The molecular formula is C15H24N2O2. The lowest BCUT2D eigenvalue weighted by molar-refractivity contribution is 0.0791. The van der Waals surface area contributed by atoms with Gasteiger partial charge >= 0.3 is 0 Å². The lowest BCUT2D eigenvalue weighted by Crippen LogP contribution is -2.47. The van der Waals surface area contributed by atoms with Crippen molar-refractivity contribution >= 4 is 5.69 Å². The van der Waals surface area contributed by atoms with Crippen molar-refractivity contribution in [3.8, 4) is 5.75 Å². The minimum atomic E-state index is 0.403. The Balaban J connectivity index is 2.09. The largest absolute Gasteiger partial charge is 0.496 e. The van der Waals surface area contributed by atoms with Crippen molar-refractivity contribution in [1.29, 1.82) is 0 Å². The minimum absolute atomic E-state index is 0.403. The Hall–Kier alpha value is -1.26. The zero-order valence-corrected chi connectivity index (χ0v) is 12.3. The van der Waals surface area contributed by atoms with Gasteiger partial charge in [-0.1, -0.05) is 0 Å². The lowest BCUT2D eigenvalue weighted by Gasteiger charge is -2.30. The number of hydrogen-bond acceptors (Lipinski definition) is 4. The van der Waals surface area contributed by atoms with E-state index in [0.717, 1.165) is 32.1 Å². The van der Waals surface area contributed by atoms with Crippen molar-refractivity contribution in [2.45, 2.75) is 19.9 Å². The van der Waals surface area contributed by atoms with Crippen molar-refractivity contribution in [2.75, 3.05) is 45.4 Å². The van der Waals surface area contributed by atoms with E-state index in [-0.39, 0.29) is 0 Å². The number of methoxy groups -OCH3 is 1. The summed E-state index contributed by atoms with van der Waals surface area (Å²) < 4.78 is 10.9. The summed E-state index contributed by atoms with van der Waals surface area (Å²) in [5.41, 5.74) is 3.66. The first-order valence-electron chi connectivity index (χ1n) is 6.79. The zero-order chi connectivity index (χ0) is 13.8. The van der Waals surface area contributed by atoms with E-state index < -0.39 is 0 Å². The molecule has 0 aliphatic carbocycles. The predicted octanol–water partition coefficient (Wildman–Crippen LogP) is 1.74. The maximum absolute atomic E-state index is 5.50. The highest BCUT2D eigenvalue weighted by atomic mass is 16.5. The molecule has 0 radical (unpaired) electrons. The normalized spacial score (nSPS) is 19.3. The molecule has 0 bridgehead atoms. The van der Waals surface area contributed by atoms with Crippen LogP contribution < -0.4 is 15.0 Å². The third-order valence-corrected chi connectivity index (χ3v) is 3.62. The summed E-state index contributed by atoms with van der Waals surface area (Å²) in [5.74, 6) is 0.953. The summed E-state index contributed by atoms with van der Waals surface area (Å²) in [4.78, 5) is 2.29. The van der Waals surface area contributed by atoms with Crippen LogP contribution in [0.15, 0.2) is 12.1 Å². The van der Waals surface area contributed by atoms with Crippen molar-refractivity contribution in [3.63, 3.8) is 0 Å². The molecule has 1 N–H and O–H groups in total.